The van der Waals surface area contributed by atoms with E-state index < -0.39 is 20.1 Å². The van der Waals surface area contributed by atoms with E-state index in [0.29, 0.717) is 5.56 Å². The van der Waals surface area contributed by atoms with Gasteiger partial charge in [0, 0.05) is 31.4 Å². The van der Waals surface area contributed by atoms with E-state index in [0.717, 1.165) is 50.2 Å². The van der Waals surface area contributed by atoms with Crippen LogP contribution in [-0.4, -0.2) is 24.0 Å². The molecule has 3 nitrogen and oxygen atoms in total. The minimum atomic E-state index is -2.08. The first kappa shape index (κ1) is 31.8. The quantitative estimate of drug-likeness (QED) is 0.127. The molecule has 8 aromatic rings. The summed E-state index contributed by atoms with van der Waals surface area (Å²) in [7, 11) is 0. The van der Waals surface area contributed by atoms with Crippen molar-refractivity contribution in [1.29, 1.82) is 0 Å². The molecule has 0 aliphatic carbocycles. The SMILES string of the molecule is [2H]C([2H])([2H])c1c[c-]c(-c2cc[c]([Ge]([CH3])([CH3])[CH3])cn2)cc1.[Ir].[c-]1ccc2c(oc3ccccc32)c1C1=Nc2ccccc2C1c1ccccc1-c1ccccc1. The third-order valence-electron chi connectivity index (χ3n) is 9.43. The van der Waals surface area contributed by atoms with Gasteiger partial charge in [-0.05, 0) is 40.1 Å². The van der Waals surface area contributed by atoms with Crippen LogP contribution in [0.5, 0.6) is 0 Å². The minimum absolute atomic E-state index is 0. The number of hydrogen-bond donors (Lipinski definition) is 0. The van der Waals surface area contributed by atoms with E-state index in [2.05, 4.69) is 138 Å². The Hall–Kier alpha value is -4.87. The predicted molar refractivity (Wildman–Crippen MR) is 215 cm³/mol. The first-order valence-electron chi connectivity index (χ1n) is 18.7. The summed E-state index contributed by atoms with van der Waals surface area (Å²) < 4.78 is 29.8. The number of hydrogen-bond acceptors (Lipinski definition) is 3. The third kappa shape index (κ3) is 6.99. The summed E-state index contributed by atoms with van der Waals surface area (Å²) >= 11 is -1.83. The summed E-state index contributed by atoms with van der Waals surface area (Å²) in [6.45, 7) is -2.08. The Balaban J connectivity index is 0.000000191. The summed E-state index contributed by atoms with van der Waals surface area (Å²) in [4.78, 5) is 9.64. The van der Waals surface area contributed by atoms with Crippen LogP contribution in [0.2, 0.25) is 17.3 Å². The number of pyridine rings is 1. The number of aryl methyl sites for hydroxylation is 1. The molecular formula is C47H38GeIrN2O-2. The fraction of sp³-hybridized carbons (Fsp3) is 0.106. The molecule has 0 fully saturated rings. The van der Waals surface area contributed by atoms with Crippen molar-refractivity contribution >= 4 is 51.0 Å². The molecule has 1 atom stereocenters. The van der Waals surface area contributed by atoms with Gasteiger partial charge >= 0.3 is 110 Å². The Morgan fingerprint density at radius 3 is 2.21 bits per heavy atom. The van der Waals surface area contributed by atoms with E-state index in [1.807, 2.05) is 30.5 Å². The zero-order valence-electron chi connectivity index (χ0n) is 32.1. The molecule has 0 amide bonds. The maximum Gasteiger partial charge on any atom is 0.120 e. The summed E-state index contributed by atoms with van der Waals surface area (Å²) in [5, 5.41) is 2.21. The van der Waals surface area contributed by atoms with Crippen LogP contribution in [0.15, 0.2) is 161 Å². The van der Waals surface area contributed by atoms with Crippen LogP contribution in [0.3, 0.4) is 0 Å². The largest absolute Gasteiger partial charge is 0.501 e. The van der Waals surface area contributed by atoms with Crippen LogP contribution in [-0.2, 0) is 20.1 Å². The zero-order valence-corrected chi connectivity index (χ0v) is 33.6. The molecule has 1 aliphatic heterocycles. The van der Waals surface area contributed by atoms with Gasteiger partial charge < -0.3 is 4.42 Å². The second-order valence-corrected chi connectivity index (χ2v) is 24.5. The normalized spacial score (nSPS) is 14.6. The second-order valence-electron chi connectivity index (χ2n) is 13.8. The van der Waals surface area contributed by atoms with Crippen molar-refractivity contribution in [3.63, 3.8) is 0 Å². The van der Waals surface area contributed by atoms with Gasteiger partial charge in [-0.25, -0.2) is 0 Å². The molecule has 9 rings (SSSR count). The number of furan rings is 1. The van der Waals surface area contributed by atoms with E-state index in [1.54, 1.807) is 12.1 Å². The fourth-order valence-electron chi connectivity index (χ4n) is 6.78. The van der Waals surface area contributed by atoms with Crippen LogP contribution < -0.4 is 4.40 Å². The van der Waals surface area contributed by atoms with Gasteiger partial charge in [0.15, 0.2) is 0 Å². The van der Waals surface area contributed by atoms with Gasteiger partial charge in [-0.2, -0.15) is 0 Å². The smallest absolute Gasteiger partial charge is 0.120 e. The monoisotopic (exact) mass is 916 g/mol. The first-order chi connectivity index (χ1) is 26.1. The van der Waals surface area contributed by atoms with Crippen LogP contribution >= 0.6 is 0 Å². The van der Waals surface area contributed by atoms with Gasteiger partial charge in [0.25, 0.3) is 0 Å². The summed E-state index contributed by atoms with van der Waals surface area (Å²) in [6, 6.07) is 55.5. The molecule has 0 bridgehead atoms. The molecule has 5 heteroatoms. The Morgan fingerprint density at radius 2 is 1.46 bits per heavy atom. The van der Waals surface area contributed by atoms with Crippen molar-refractivity contribution < 1.29 is 28.6 Å². The fourth-order valence-corrected chi connectivity index (χ4v) is 8.95. The second kappa shape index (κ2) is 15.0. The van der Waals surface area contributed by atoms with Crippen molar-refractivity contribution in [2.24, 2.45) is 4.99 Å². The van der Waals surface area contributed by atoms with E-state index in [-0.39, 0.29) is 26.0 Å². The molecule has 0 spiro atoms. The summed E-state index contributed by atoms with van der Waals surface area (Å²) in [6.07, 6.45) is 1.95. The molecule has 2 aromatic heterocycles. The average Bonchev–Trinajstić information content (AvgIpc) is 3.77. The van der Waals surface area contributed by atoms with Crippen LogP contribution in [0.4, 0.5) is 5.69 Å². The first-order valence-corrected chi connectivity index (χ1v) is 24.5. The molecule has 6 aromatic carbocycles. The van der Waals surface area contributed by atoms with Gasteiger partial charge in [-0.15, -0.1) is 18.2 Å². The van der Waals surface area contributed by atoms with E-state index >= 15 is 0 Å². The number of para-hydroxylation sites is 2. The van der Waals surface area contributed by atoms with Crippen LogP contribution in [0.1, 0.15) is 32.3 Å². The number of aromatic nitrogens is 1. The van der Waals surface area contributed by atoms with Crippen LogP contribution in [0.25, 0.3) is 44.3 Å². The molecule has 1 radical (unpaired) electrons. The minimum Gasteiger partial charge on any atom is -0.501 e. The van der Waals surface area contributed by atoms with E-state index in [9.17, 15) is 0 Å². The van der Waals surface area contributed by atoms with Crippen LogP contribution in [0, 0.1) is 19.0 Å². The molecule has 1 aliphatic rings. The van der Waals surface area contributed by atoms with Crippen molar-refractivity contribution in [1.82, 2.24) is 4.98 Å². The Kier molecular flexibility index (Phi) is 9.19. The standard InChI is InChI=1S/C32H20NO.C15H18GeN.Ir/c1-2-11-21(12-3-1)22-13-4-5-15-24(22)30-26-16-6-8-19-28(26)33-31(30)27-18-10-17-25-23-14-7-9-20-29(23)34-32(25)27;1-12-5-7-13(8-6-12)15-10-9-14(11-17-15)16(2,3)4;/h1-17,19-20,30H;5-7,9-11H,1-4H3;/q2*-1;/i;1D3;. The van der Waals surface area contributed by atoms with Gasteiger partial charge in [0.05, 0.1) is 11.3 Å². The van der Waals surface area contributed by atoms with Crippen molar-refractivity contribution in [2.45, 2.75) is 30.0 Å². The maximum atomic E-state index is 7.35. The zero-order chi connectivity index (χ0) is 37.5. The Labute approximate surface area is 326 Å². The number of aliphatic imine (C=N–C) groups is 1. The topological polar surface area (TPSA) is 38.4 Å². The summed E-state index contributed by atoms with van der Waals surface area (Å²) in [5.74, 6) is 6.97. The number of fused-ring (bicyclic) bond motifs is 4. The molecule has 52 heavy (non-hydrogen) atoms. The molecule has 0 N–H and O–H groups in total. The molecule has 0 saturated carbocycles. The van der Waals surface area contributed by atoms with Crippen molar-refractivity contribution in [2.75, 3.05) is 0 Å². The molecule has 1 unspecified atom stereocenters. The van der Waals surface area contributed by atoms with Gasteiger partial charge in [0.1, 0.15) is 5.58 Å². The number of benzene rings is 6. The molecular weight excluding hydrogens is 873 g/mol. The van der Waals surface area contributed by atoms with Gasteiger partial charge in [-0.3, -0.25) is 4.99 Å². The molecule has 257 valence electrons. The number of nitrogens with zero attached hydrogens (tertiary/aromatic N) is 2. The average molecular weight is 915 g/mol. The maximum absolute atomic E-state index is 7.35. The van der Waals surface area contributed by atoms with Crippen molar-refractivity contribution in [3.8, 4) is 22.4 Å². The molecule has 0 saturated heterocycles. The van der Waals surface area contributed by atoms with E-state index in [4.69, 9.17) is 13.5 Å². The van der Waals surface area contributed by atoms with Gasteiger partial charge in [-0.1, -0.05) is 102 Å². The third-order valence-corrected chi connectivity index (χ3v) is 13.7. The van der Waals surface area contributed by atoms with Gasteiger partial charge in [0.2, 0.25) is 0 Å². The van der Waals surface area contributed by atoms with E-state index in [1.165, 1.54) is 32.7 Å². The number of rotatable bonds is 5. The predicted octanol–water partition coefficient (Wildman–Crippen LogP) is 11.7. The Bertz CT molecular complexity index is 2570. The summed E-state index contributed by atoms with van der Waals surface area (Å²) in [5.41, 5.74) is 11.5. The Morgan fingerprint density at radius 1 is 0.712 bits per heavy atom. The molecule has 3 heterocycles. The van der Waals surface area contributed by atoms with Crippen molar-refractivity contribution in [3.05, 3.63) is 186 Å².